The van der Waals surface area contributed by atoms with E-state index in [4.69, 9.17) is 11.6 Å². The summed E-state index contributed by atoms with van der Waals surface area (Å²) in [6.45, 7) is 5.39. The number of nitrogens with zero attached hydrogens (tertiary/aromatic N) is 3. The number of fused-ring (bicyclic) bond motifs is 3. The number of aromatic nitrogens is 1. The first-order valence-electron chi connectivity index (χ1n) is 8.56. The van der Waals surface area contributed by atoms with E-state index in [9.17, 15) is 14.0 Å². The monoisotopic (exact) mass is 375 g/mol. The van der Waals surface area contributed by atoms with E-state index in [1.165, 1.54) is 6.08 Å². The lowest BCUT2D eigenvalue weighted by atomic mass is 9.96. The van der Waals surface area contributed by atoms with Crippen LogP contribution in [0, 0.1) is 11.7 Å². The maximum Gasteiger partial charge on any atom is 0.246 e. The van der Waals surface area contributed by atoms with Crippen LogP contribution in [-0.2, 0) is 29.6 Å². The predicted octanol–water partition coefficient (Wildman–Crippen LogP) is 2.50. The minimum absolute atomic E-state index is 0.0511. The van der Waals surface area contributed by atoms with Crippen LogP contribution in [0.5, 0.6) is 0 Å². The highest BCUT2D eigenvalue weighted by atomic mass is 35.5. The molecule has 26 heavy (non-hydrogen) atoms. The number of amides is 2. The SMILES string of the molecule is C=CC(=O)N1CC(C(=O)N2CCc3c(c4ccc(Cl)c(F)c4n3C)C2)C1. The van der Waals surface area contributed by atoms with E-state index >= 15 is 0 Å². The fraction of sp³-hybridized carbons (Fsp3) is 0.368. The van der Waals surface area contributed by atoms with Gasteiger partial charge in [0, 0.05) is 56.3 Å². The standard InChI is InChI=1S/C19H19ClFN3O2/c1-3-16(25)24-8-11(9-24)19(26)23-7-6-15-13(10-23)12-4-5-14(20)17(21)18(12)22(15)2/h3-5,11H,1,6-10H2,2H3. The van der Waals surface area contributed by atoms with E-state index in [2.05, 4.69) is 6.58 Å². The second-order valence-electron chi connectivity index (χ2n) is 6.90. The van der Waals surface area contributed by atoms with Crippen molar-refractivity contribution >= 4 is 34.3 Å². The molecule has 5 nitrogen and oxygen atoms in total. The number of rotatable bonds is 2. The lowest BCUT2D eigenvalue weighted by molar-refractivity contribution is -0.146. The summed E-state index contributed by atoms with van der Waals surface area (Å²) in [6.07, 6.45) is 1.94. The molecule has 1 fully saturated rings. The van der Waals surface area contributed by atoms with Gasteiger partial charge in [-0.2, -0.15) is 0 Å². The Hall–Kier alpha value is -2.34. The van der Waals surface area contributed by atoms with Gasteiger partial charge in [-0.1, -0.05) is 24.2 Å². The van der Waals surface area contributed by atoms with Gasteiger partial charge in [0.2, 0.25) is 11.8 Å². The molecule has 1 aromatic heterocycles. The number of likely N-dealkylation sites (tertiary alicyclic amines) is 1. The van der Waals surface area contributed by atoms with Gasteiger partial charge in [0.1, 0.15) is 0 Å². The molecular formula is C19H19ClFN3O2. The summed E-state index contributed by atoms with van der Waals surface area (Å²) in [6, 6.07) is 3.38. The molecule has 0 unspecified atom stereocenters. The number of halogens is 2. The number of hydrogen-bond acceptors (Lipinski definition) is 2. The molecule has 2 aromatic rings. The van der Waals surface area contributed by atoms with Crippen molar-refractivity contribution in [3.05, 3.63) is 46.9 Å². The van der Waals surface area contributed by atoms with Gasteiger partial charge in [0.25, 0.3) is 0 Å². The van der Waals surface area contributed by atoms with Gasteiger partial charge in [-0.25, -0.2) is 4.39 Å². The quantitative estimate of drug-likeness (QED) is 0.757. The lowest BCUT2D eigenvalue weighted by Gasteiger charge is -2.41. The highest BCUT2D eigenvalue weighted by Gasteiger charge is 2.38. The first kappa shape index (κ1) is 17.1. The minimum atomic E-state index is -0.420. The molecule has 136 valence electrons. The van der Waals surface area contributed by atoms with Crippen LogP contribution >= 0.6 is 11.6 Å². The van der Waals surface area contributed by atoms with Crippen LogP contribution in [0.15, 0.2) is 24.8 Å². The van der Waals surface area contributed by atoms with E-state index in [1.54, 1.807) is 11.0 Å². The zero-order chi connectivity index (χ0) is 18.6. The Kier molecular flexibility index (Phi) is 4.03. The fourth-order valence-corrected chi connectivity index (χ4v) is 4.15. The summed E-state index contributed by atoms with van der Waals surface area (Å²) in [4.78, 5) is 27.7. The number of carbonyl (C=O) groups is 2. The summed E-state index contributed by atoms with van der Waals surface area (Å²) in [5, 5.41) is 0.906. The molecule has 0 radical (unpaired) electrons. The Morgan fingerprint density at radius 3 is 2.73 bits per heavy atom. The van der Waals surface area contributed by atoms with Crippen molar-refractivity contribution in [1.82, 2.24) is 14.4 Å². The van der Waals surface area contributed by atoms with E-state index in [0.717, 1.165) is 16.6 Å². The van der Waals surface area contributed by atoms with Crippen LogP contribution in [0.3, 0.4) is 0 Å². The van der Waals surface area contributed by atoms with Crippen molar-refractivity contribution in [2.45, 2.75) is 13.0 Å². The van der Waals surface area contributed by atoms with Crippen molar-refractivity contribution in [2.75, 3.05) is 19.6 Å². The Labute approximate surface area is 155 Å². The zero-order valence-corrected chi connectivity index (χ0v) is 15.2. The molecule has 0 atom stereocenters. The summed E-state index contributed by atoms with van der Waals surface area (Å²) in [5.74, 6) is -0.676. The Morgan fingerprint density at radius 1 is 1.31 bits per heavy atom. The smallest absolute Gasteiger partial charge is 0.246 e. The zero-order valence-electron chi connectivity index (χ0n) is 14.5. The average Bonchev–Trinajstić information content (AvgIpc) is 2.89. The van der Waals surface area contributed by atoms with E-state index in [-0.39, 0.29) is 22.8 Å². The third-order valence-corrected chi connectivity index (χ3v) is 5.77. The van der Waals surface area contributed by atoms with Gasteiger partial charge < -0.3 is 14.4 Å². The van der Waals surface area contributed by atoms with Crippen LogP contribution in [0.4, 0.5) is 4.39 Å². The van der Waals surface area contributed by atoms with Gasteiger partial charge in [-0.3, -0.25) is 9.59 Å². The molecule has 2 aliphatic heterocycles. The molecule has 0 saturated carbocycles. The third kappa shape index (κ3) is 2.43. The highest BCUT2D eigenvalue weighted by molar-refractivity contribution is 6.31. The van der Waals surface area contributed by atoms with Gasteiger partial charge in [-0.15, -0.1) is 0 Å². The maximum atomic E-state index is 14.5. The van der Waals surface area contributed by atoms with Crippen molar-refractivity contribution in [3.63, 3.8) is 0 Å². The molecule has 1 saturated heterocycles. The maximum absolute atomic E-state index is 14.5. The van der Waals surface area contributed by atoms with Gasteiger partial charge in [-0.05, 0) is 12.1 Å². The van der Waals surface area contributed by atoms with Crippen LogP contribution < -0.4 is 0 Å². The first-order valence-corrected chi connectivity index (χ1v) is 8.94. The largest absolute Gasteiger partial charge is 0.345 e. The molecule has 2 amide bonds. The van der Waals surface area contributed by atoms with Crippen molar-refractivity contribution in [2.24, 2.45) is 13.0 Å². The number of benzene rings is 1. The molecule has 0 bridgehead atoms. The van der Waals surface area contributed by atoms with Crippen molar-refractivity contribution in [3.8, 4) is 0 Å². The molecule has 0 aliphatic carbocycles. The molecule has 0 spiro atoms. The average molecular weight is 376 g/mol. The van der Waals surface area contributed by atoms with Crippen molar-refractivity contribution in [1.29, 1.82) is 0 Å². The number of aryl methyl sites for hydroxylation is 1. The molecule has 1 aromatic carbocycles. The summed E-state index contributed by atoms with van der Waals surface area (Å²) >= 11 is 5.93. The van der Waals surface area contributed by atoms with E-state index < -0.39 is 5.82 Å². The molecule has 0 N–H and O–H groups in total. The Morgan fingerprint density at radius 2 is 2.04 bits per heavy atom. The molecule has 3 heterocycles. The van der Waals surface area contributed by atoms with Gasteiger partial charge >= 0.3 is 0 Å². The van der Waals surface area contributed by atoms with Crippen LogP contribution in [-0.4, -0.2) is 45.8 Å². The topological polar surface area (TPSA) is 45.6 Å². The van der Waals surface area contributed by atoms with E-state index in [0.29, 0.717) is 38.1 Å². The Balaban J connectivity index is 1.58. The normalized spacial score (nSPS) is 17.2. The molecular weight excluding hydrogens is 357 g/mol. The van der Waals surface area contributed by atoms with Crippen LogP contribution in [0.2, 0.25) is 5.02 Å². The summed E-state index contributed by atoms with van der Waals surface area (Å²) in [7, 11) is 1.84. The second-order valence-corrected chi connectivity index (χ2v) is 7.30. The number of hydrogen-bond donors (Lipinski definition) is 0. The third-order valence-electron chi connectivity index (χ3n) is 5.48. The molecule has 2 aliphatic rings. The van der Waals surface area contributed by atoms with E-state index in [1.807, 2.05) is 22.6 Å². The molecule has 7 heteroatoms. The minimum Gasteiger partial charge on any atom is -0.345 e. The second kappa shape index (κ2) is 6.13. The first-order chi connectivity index (χ1) is 12.4. The summed E-state index contributed by atoms with van der Waals surface area (Å²) < 4.78 is 16.3. The lowest BCUT2D eigenvalue weighted by Crippen LogP contribution is -2.56. The van der Waals surface area contributed by atoms with Crippen LogP contribution in [0.1, 0.15) is 11.3 Å². The predicted molar refractivity (Wildman–Crippen MR) is 97.3 cm³/mol. The fourth-order valence-electron chi connectivity index (χ4n) is 4.00. The van der Waals surface area contributed by atoms with Crippen LogP contribution in [0.25, 0.3) is 10.9 Å². The van der Waals surface area contributed by atoms with Gasteiger partial charge in [0.15, 0.2) is 5.82 Å². The van der Waals surface area contributed by atoms with Gasteiger partial charge in [0.05, 0.1) is 16.5 Å². The number of carbonyl (C=O) groups excluding carboxylic acids is 2. The highest BCUT2D eigenvalue weighted by Crippen LogP contribution is 2.34. The molecule has 4 rings (SSSR count). The Bertz CT molecular complexity index is 946. The van der Waals surface area contributed by atoms with Crippen molar-refractivity contribution < 1.29 is 14.0 Å². The summed E-state index contributed by atoms with van der Waals surface area (Å²) in [5.41, 5.74) is 2.52.